The molecule has 0 aromatic rings. The SMILES string of the molecule is CNCOCCOCC[O]. The number of nitrogens with one attached hydrogen (secondary N) is 1. The minimum Gasteiger partial charge on any atom is -0.377 e. The van der Waals surface area contributed by atoms with Gasteiger partial charge in [0.2, 0.25) is 0 Å². The lowest BCUT2D eigenvalue weighted by Crippen LogP contribution is -2.15. The van der Waals surface area contributed by atoms with Gasteiger partial charge in [0.1, 0.15) is 6.61 Å². The van der Waals surface area contributed by atoms with E-state index in [0.717, 1.165) is 0 Å². The lowest BCUT2D eigenvalue weighted by molar-refractivity contribution is 0.0180. The van der Waals surface area contributed by atoms with Crippen molar-refractivity contribution < 1.29 is 14.6 Å². The van der Waals surface area contributed by atoms with Gasteiger partial charge in [-0.1, -0.05) is 0 Å². The van der Waals surface area contributed by atoms with Crippen LogP contribution >= 0.6 is 0 Å². The lowest BCUT2D eigenvalue weighted by Gasteiger charge is -2.02. The van der Waals surface area contributed by atoms with E-state index >= 15 is 0 Å². The van der Waals surface area contributed by atoms with Crippen molar-refractivity contribution in [1.29, 1.82) is 0 Å². The Balaban J connectivity index is 2.65. The highest BCUT2D eigenvalue weighted by molar-refractivity contribution is 4.28. The van der Waals surface area contributed by atoms with E-state index in [-0.39, 0.29) is 13.2 Å². The average molecular weight is 148 g/mol. The summed E-state index contributed by atoms with van der Waals surface area (Å²) in [7, 11) is 1.80. The van der Waals surface area contributed by atoms with Gasteiger partial charge < -0.3 is 9.47 Å². The summed E-state index contributed by atoms with van der Waals surface area (Å²) >= 11 is 0. The Hall–Kier alpha value is -0.160. The second kappa shape index (κ2) is 8.84. The van der Waals surface area contributed by atoms with Crippen LogP contribution in [0.15, 0.2) is 0 Å². The molecule has 61 valence electrons. The van der Waals surface area contributed by atoms with Crippen LogP contribution < -0.4 is 5.32 Å². The summed E-state index contributed by atoms with van der Waals surface area (Å²) in [6.45, 7) is 1.68. The van der Waals surface area contributed by atoms with Crippen molar-refractivity contribution in [2.45, 2.75) is 0 Å². The van der Waals surface area contributed by atoms with Crippen LogP contribution in [0.1, 0.15) is 0 Å². The zero-order valence-electron chi connectivity index (χ0n) is 6.26. The lowest BCUT2D eigenvalue weighted by atomic mass is 10.7. The molecule has 0 aliphatic carbocycles. The van der Waals surface area contributed by atoms with Crippen molar-refractivity contribution in [3.05, 3.63) is 0 Å². The largest absolute Gasteiger partial charge is 0.377 e. The quantitative estimate of drug-likeness (QED) is 0.396. The fourth-order valence-corrected chi connectivity index (χ4v) is 0.453. The molecule has 4 nitrogen and oxygen atoms in total. The number of hydrogen-bond donors (Lipinski definition) is 1. The van der Waals surface area contributed by atoms with Gasteiger partial charge in [0, 0.05) is 0 Å². The Bertz CT molecular complexity index is 53.0. The van der Waals surface area contributed by atoms with Gasteiger partial charge >= 0.3 is 0 Å². The summed E-state index contributed by atoms with van der Waals surface area (Å²) in [4.78, 5) is 0. The van der Waals surface area contributed by atoms with Crippen LogP contribution in [0.25, 0.3) is 0 Å². The predicted octanol–water partition coefficient (Wildman–Crippen LogP) is -0.373. The third-order valence-corrected chi connectivity index (χ3v) is 0.846. The first kappa shape index (κ1) is 9.84. The molecule has 0 bridgehead atoms. The summed E-state index contributed by atoms with van der Waals surface area (Å²) in [6.07, 6.45) is 0. The first-order valence-corrected chi connectivity index (χ1v) is 3.30. The third-order valence-electron chi connectivity index (χ3n) is 0.846. The molecule has 1 N–H and O–H groups in total. The van der Waals surface area contributed by atoms with Crippen LogP contribution in [0, 0.1) is 0 Å². The summed E-state index contributed by atoms with van der Waals surface area (Å²) in [6, 6.07) is 0. The highest BCUT2D eigenvalue weighted by atomic mass is 16.5. The van der Waals surface area contributed by atoms with Gasteiger partial charge in [-0.25, -0.2) is 5.11 Å². The van der Waals surface area contributed by atoms with Gasteiger partial charge in [0.05, 0.1) is 26.6 Å². The molecule has 4 heteroatoms. The molecule has 0 aliphatic heterocycles. The second-order valence-electron chi connectivity index (χ2n) is 1.72. The number of rotatable bonds is 7. The van der Waals surface area contributed by atoms with E-state index in [1.165, 1.54) is 0 Å². The van der Waals surface area contributed by atoms with Crippen LogP contribution in [-0.4, -0.2) is 40.2 Å². The van der Waals surface area contributed by atoms with E-state index in [1.54, 1.807) is 7.05 Å². The normalized spacial score (nSPS) is 10.2. The summed E-state index contributed by atoms with van der Waals surface area (Å²) in [5.74, 6) is 0. The van der Waals surface area contributed by atoms with Crippen molar-refractivity contribution in [2.75, 3.05) is 40.2 Å². The minimum atomic E-state index is -0.175. The molecular formula is C6H14NO3. The first-order chi connectivity index (χ1) is 4.91. The molecule has 0 heterocycles. The predicted molar refractivity (Wildman–Crippen MR) is 36.3 cm³/mol. The zero-order valence-corrected chi connectivity index (χ0v) is 6.26. The fraction of sp³-hybridized carbons (Fsp3) is 1.00. The molecule has 0 rings (SSSR count). The van der Waals surface area contributed by atoms with Crippen LogP contribution in [-0.2, 0) is 14.6 Å². The molecule has 0 saturated heterocycles. The Morgan fingerprint density at radius 1 is 1.20 bits per heavy atom. The van der Waals surface area contributed by atoms with E-state index in [2.05, 4.69) is 5.32 Å². The van der Waals surface area contributed by atoms with Gasteiger partial charge in [0.25, 0.3) is 0 Å². The second-order valence-corrected chi connectivity index (χ2v) is 1.72. The van der Waals surface area contributed by atoms with Crippen LogP contribution in [0.5, 0.6) is 0 Å². The zero-order chi connectivity index (χ0) is 7.66. The molecule has 0 spiro atoms. The Kier molecular flexibility index (Phi) is 8.70. The standard InChI is InChI=1S/C6H14NO3/c1-7-6-10-5-4-9-3-2-8/h7H,2-6H2,1H3. The van der Waals surface area contributed by atoms with Crippen molar-refractivity contribution in [3.8, 4) is 0 Å². The molecule has 0 saturated carbocycles. The molecule has 1 radical (unpaired) electrons. The molecule has 0 aromatic carbocycles. The minimum absolute atomic E-state index is 0.175. The highest BCUT2D eigenvalue weighted by Gasteiger charge is 1.86. The Labute approximate surface area is 61.1 Å². The molecule has 0 unspecified atom stereocenters. The van der Waals surface area contributed by atoms with Gasteiger partial charge in [0.15, 0.2) is 0 Å². The van der Waals surface area contributed by atoms with Gasteiger partial charge in [-0.15, -0.1) is 0 Å². The van der Waals surface area contributed by atoms with Gasteiger partial charge in [-0.2, -0.15) is 0 Å². The van der Waals surface area contributed by atoms with Gasteiger partial charge in [-0.05, 0) is 7.05 Å². The van der Waals surface area contributed by atoms with E-state index in [1.807, 2.05) is 0 Å². The monoisotopic (exact) mass is 148 g/mol. The maximum absolute atomic E-state index is 9.84. The molecular weight excluding hydrogens is 134 g/mol. The molecule has 0 amide bonds. The van der Waals surface area contributed by atoms with Gasteiger partial charge in [-0.3, -0.25) is 5.32 Å². The highest BCUT2D eigenvalue weighted by Crippen LogP contribution is 1.75. The van der Waals surface area contributed by atoms with Crippen molar-refractivity contribution in [1.82, 2.24) is 5.32 Å². The molecule has 0 aromatic heterocycles. The summed E-state index contributed by atoms with van der Waals surface area (Å²) < 4.78 is 9.86. The van der Waals surface area contributed by atoms with E-state index in [4.69, 9.17) is 9.47 Å². The number of ether oxygens (including phenoxy) is 2. The van der Waals surface area contributed by atoms with Crippen LogP contribution in [0.3, 0.4) is 0 Å². The molecule has 10 heavy (non-hydrogen) atoms. The Morgan fingerprint density at radius 2 is 1.90 bits per heavy atom. The molecule has 0 aliphatic rings. The molecule has 0 atom stereocenters. The Morgan fingerprint density at radius 3 is 2.50 bits per heavy atom. The maximum Gasteiger partial charge on any atom is 0.106 e. The smallest absolute Gasteiger partial charge is 0.106 e. The number of hydrogen-bond acceptors (Lipinski definition) is 3. The van der Waals surface area contributed by atoms with E-state index in [0.29, 0.717) is 19.9 Å². The van der Waals surface area contributed by atoms with Crippen molar-refractivity contribution in [3.63, 3.8) is 0 Å². The van der Waals surface area contributed by atoms with Crippen LogP contribution in [0.4, 0.5) is 0 Å². The molecule has 0 fully saturated rings. The maximum atomic E-state index is 9.84. The third kappa shape index (κ3) is 7.84. The summed E-state index contributed by atoms with van der Waals surface area (Å²) in [5.41, 5.74) is 0. The average Bonchev–Trinajstić information content (AvgIpc) is 1.97. The first-order valence-electron chi connectivity index (χ1n) is 3.30. The van der Waals surface area contributed by atoms with E-state index < -0.39 is 0 Å². The summed E-state index contributed by atoms with van der Waals surface area (Å²) in [5, 5.41) is 12.7. The van der Waals surface area contributed by atoms with Crippen LogP contribution in [0.2, 0.25) is 0 Å². The van der Waals surface area contributed by atoms with Crippen molar-refractivity contribution in [2.24, 2.45) is 0 Å². The van der Waals surface area contributed by atoms with E-state index in [9.17, 15) is 5.11 Å². The fourth-order valence-electron chi connectivity index (χ4n) is 0.453. The topological polar surface area (TPSA) is 50.4 Å². The van der Waals surface area contributed by atoms with Crippen molar-refractivity contribution >= 4 is 0 Å².